The second-order valence-corrected chi connectivity index (χ2v) is 2.69. The number of hydrazone groups is 1. The van der Waals surface area contributed by atoms with Gasteiger partial charge in [0.1, 0.15) is 6.10 Å². The van der Waals surface area contributed by atoms with E-state index in [0.717, 1.165) is 5.56 Å². The standard InChI is InChI=1S/C9H11N3O2/c1-7(13)9(14)12-11-6-8-2-4-10-5-3-8/h2-7,13H,1H3,(H,12,14)/b11-6+. The quantitative estimate of drug-likeness (QED) is 0.520. The van der Waals surface area contributed by atoms with Crippen molar-refractivity contribution >= 4 is 12.1 Å². The largest absolute Gasteiger partial charge is 0.383 e. The third kappa shape index (κ3) is 3.32. The van der Waals surface area contributed by atoms with Crippen molar-refractivity contribution in [2.75, 3.05) is 0 Å². The van der Waals surface area contributed by atoms with Crippen LogP contribution in [0.15, 0.2) is 29.6 Å². The van der Waals surface area contributed by atoms with E-state index < -0.39 is 12.0 Å². The zero-order valence-electron chi connectivity index (χ0n) is 7.71. The van der Waals surface area contributed by atoms with Crippen molar-refractivity contribution in [3.8, 4) is 0 Å². The number of aliphatic hydroxyl groups is 1. The average Bonchev–Trinajstić information content (AvgIpc) is 2.19. The highest BCUT2D eigenvalue weighted by molar-refractivity contribution is 5.83. The van der Waals surface area contributed by atoms with E-state index in [9.17, 15) is 4.79 Å². The summed E-state index contributed by atoms with van der Waals surface area (Å²) in [7, 11) is 0. The molecule has 0 bridgehead atoms. The van der Waals surface area contributed by atoms with Crippen LogP contribution in [-0.2, 0) is 4.79 Å². The van der Waals surface area contributed by atoms with Gasteiger partial charge in [0.2, 0.25) is 0 Å². The van der Waals surface area contributed by atoms with Crippen LogP contribution in [0.3, 0.4) is 0 Å². The number of hydrogen-bond donors (Lipinski definition) is 2. The van der Waals surface area contributed by atoms with Gasteiger partial charge in [-0.25, -0.2) is 5.43 Å². The molecule has 0 saturated carbocycles. The van der Waals surface area contributed by atoms with Crippen LogP contribution in [0.5, 0.6) is 0 Å². The Morgan fingerprint density at radius 2 is 2.29 bits per heavy atom. The summed E-state index contributed by atoms with van der Waals surface area (Å²) < 4.78 is 0. The molecule has 1 amide bonds. The lowest BCUT2D eigenvalue weighted by Gasteiger charge is -2.00. The molecule has 74 valence electrons. The first kappa shape index (κ1) is 10.3. The number of nitrogens with one attached hydrogen (secondary N) is 1. The predicted octanol–water partition coefficient (Wildman–Crippen LogP) is -0.0875. The summed E-state index contributed by atoms with van der Waals surface area (Å²) in [6.07, 6.45) is 3.67. The molecule has 14 heavy (non-hydrogen) atoms. The van der Waals surface area contributed by atoms with Crippen molar-refractivity contribution in [1.29, 1.82) is 0 Å². The van der Waals surface area contributed by atoms with Gasteiger partial charge >= 0.3 is 0 Å². The predicted molar refractivity (Wildman–Crippen MR) is 51.7 cm³/mol. The minimum absolute atomic E-state index is 0.532. The highest BCUT2D eigenvalue weighted by atomic mass is 16.3. The van der Waals surface area contributed by atoms with Crippen molar-refractivity contribution in [3.63, 3.8) is 0 Å². The first-order valence-electron chi connectivity index (χ1n) is 4.11. The summed E-state index contributed by atoms with van der Waals surface area (Å²) in [6, 6.07) is 3.50. The van der Waals surface area contributed by atoms with E-state index in [1.807, 2.05) is 0 Å². The molecule has 0 aromatic carbocycles. The van der Waals surface area contributed by atoms with Crippen LogP contribution in [-0.4, -0.2) is 28.3 Å². The summed E-state index contributed by atoms with van der Waals surface area (Å²) in [5.74, 6) is -0.532. The SMILES string of the molecule is CC(O)C(=O)N/N=C/c1ccncc1. The van der Waals surface area contributed by atoms with Gasteiger partial charge in [-0.15, -0.1) is 0 Å². The van der Waals surface area contributed by atoms with E-state index in [1.165, 1.54) is 13.1 Å². The fourth-order valence-electron chi connectivity index (χ4n) is 0.713. The Hall–Kier alpha value is -1.75. The highest BCUT2D eigenvalue weighted by Gasteiger charge is 2.05. The van der Waals surface area contributed by atoms with Gasteiger partial charge in [-0.05, 0) is 24.6 Å². The second-order valence-electron chi connectivity index (χ2n) is 2.69. The van der Waals surface area contributed by atoms with Crippen molar-refractivity contribution in [2.45, 2.75) is 13.0 Å². The first-order chi connectivity index (χ1) is 6.70. The normalized spacial score (nSPS) is 12.7. The average molecular weight is 193 g/mol. The number of pyridine rings is 1. The van der Waals surface area contributed by atoms with Crippen molar-refractivity contribution < 1.29 is 9.90 Å². The van der Waals surface area contributed by atoms with Crippen LogP contribution >= 0.6 is 0 Å². The molecule has 1 rings (SSSR count). The molecule has 0 fully saturated rings. The maximum Gasteiger partial charge on any atom is 0.268 e. The molecule has 0 aliphatic heterocycles. The van der Waals surface area contributed by atoms with Crippen LogP contribution in [0.1, 0.15) is 12.5 Å². The molecule has 0 spiro atoms. The molecule has 0 radical (unpaired) electrons. The molecular formula is C9H11N3O2. The summed E-state index contributed by atoms with van der Waals surface area (Å²) in [6.45, 7) is 1.37. The van der Waals surface area contributed by atoms with Gasteiger partial charge in [0.25, 0.3) is 5.91 Å². The minimum atomic E-state index is -1.05. The number of rotatable bonds is 3. The van der Waals surface area contributed by atoms with E-state index in [1.54, 1.807) is 24.5 Å². The number of hydrogen-bond acceptors (Lipinski definition) is 4. The lowest BCUT2D eigenvalue weighted by molar-refractivity contribution is -0.128. The minimum Gasteiger partial charge on any atom is -0.383 e. The van der Waals surface area contributed by atoms with Crippen LogP contribution in [0, 0.1) is 0 Å². The monoisotopic (exact) mass is 193 g/mol. The van der Waals surface area contributed by atoms with Gasteiger partial charge in [-0.3, -0.25) is 9.78 Å². The van der Waals surface area contributed by atoms with Gasteiger partial charge < -0.3 is 5.11 Å². The van der Waals surface area contributed by atoms with Gasteiger partial charge in [0.05, 0.1) is 6.21 Å². The molecule has 0 aliphatic carbocycles. The summed E-state index contributed by atoms with van der Waals surface area (Å²) >= 11 is 0. The highest BCUT2D eigenvalue weighted by Crippen LogP contribution is 1.90. The van der Waals surface area contributed by atoms with E-state index >= 15 is 0 Å². The fraction of sp³-hybridized carbons (Fsp3) is 0.222. The first-order valence-corrected chi connectivity index (χ1v) is 4.11. The maximum atomic E-state index is 10.8. The number of nitrogens with zero attached hydrogens (tertiary/aromatic N) is 2. The van der Waals surface area contributed by atoms with Crippen LogP contribution in [0.25, 0.3) is 0 Å². The lowest BCUT2D eigenvalue weighted by Crippen LogP contribution is -2.28. The Morgan fingerprint density at radius 1 is 1.64 bits per heavy atom. The van der Waals surface area contributed by atoms with Gasteiger partial charge in [-0.2, -0.15) is 5.10 Å². The number of aromatic nitrogens is 1. The maximum absolute atomic E-state index is 10.8. The molecule has 5 nitrogen and oxygen atoms in total. The molecular weight excluding hydrogens is 182 g/mol. The molecule has 5 heteroatoms. The van der Waals surface area contributed by atoms with E-state index in [2.05, 4.69) is 15.5 Å². The fourth-order valence-corrected chi connectivity index (χ4v) is 0.713. The Morgan fingerprint density at radius 3 is 2.86 bits per heavy atom. The van der Waals surface area contributed by atoms with Gasteiger partial charge in [0, 0.05) is 12.4 Å². The molecule has 1 aromatic rings. The molecule has 0 aliphatic rings. The van der Waals surface area contributed by atoms with Crippen molar-refractivity contribution in [3.05, 3.63) is 30.1 Å². The summed E-state index contributed by atoms with van der Waals surface area (Å²) in [5.41, 5.74) is 3.02. The Bertz CT molecular complexity index is 322. The lowest BCUT2D eigenvalue weighted by atomic mass is 10.3. The molecule has 1 aromatic heterocycles. The van der Waals surface area contributed by atoms with Crippen molar-refractivity contribution in [1.82, 2.24) is 10.4 Å². The Labute approximate surface area is 81.5 Å². The van der Waals surface area contributed by atoms with Crippen molar-refractivity contribution in [2.24, 2.45) is 5.10 Å². The Balaban J connectivity index is 2.46. The van der Waals surface area contributed by atoms with E-state index in [0.29, 0.717) is 0 Å². The molecule has 1 heterocycles. The third-order valence-corrected chi connectivity index (χ3v) is 1.47. The molecule has 0 saturated heterocycles. The Kier molecular flexibility index (Phi) is 3.75. The topological polar surface area (TPSA) is 74.6 Å². The second kappa shape index (κ2) is 5.08. The number of amides is 1. The number of aliphatic hydroxyl groups excluding tert-OH is 1. The third-order valence-electron chi connectivity index (χ3n) is 1.47. The number of carbonyl (C=O) groups excluding carboxylic acids is 1. The number of carbonyl (C=O) groups is 1. The van der Waals surface area contributed by atoms with E-state index in [4.69, 9.17) is 5.11 Å². The van der Waals surface area contributed by atoms with Crippen LogP contribution < -0.4 is 5.43 Å². The van der Waals surface area contributed by atoms with Gasteiger partial charge in [0.15, 0.2) is 0 Å². The molecule has 2 N–H and O–H groups in total. The molecule has 1 atom stereocenters. The van der Waals surface area contributed by atoms with Gasteiger partial charge in [-0.1, -0.05) is 0 Å². The smallest absolute Gasteiger partial charge is 0.268 e. The van der Waals surface area contributed by atoms with Crippen LogP contribution in [0.4, 0.5) is 0 Å². The summed E-state index contributed by atoms with van der Waals surface area (Å²) in [5, 5.41) is 12.5. The zero-order valence-corrected chi connectivity index (χ0v) is 7.71. The summed E-state index contributed by atoms with van der Waals surface area (Å²) in [4.78, 5) is 14.7. The van der Waals surface area contributed by atoms with Crippen LogP contribution in [0.2, 0.25) is 0 Å². The molecule has 1 unspecified atom stereocenters. The van der Waals surface area contributed by atoms with E-state index in [-0.39, 0.29) is 0 Å². The zero-order chi connectivity index (χ0) is 10.4.